The third-order valence-electron chi connectivity index (χ3n) is 4.37. The average molecular weight is 301 g/mol. The Bertz CT molecular complexity index is 546. The van der Waals surface area contributed by atoms with E-state index in [-0.39, 0.29) is 0 Å². The molecule has 0 radical (unpaired) electrons. The van der Waals surface area contributed by atoms with Gasteiger partial charge in [0.25, 0.3) is 0 Å². The van der Waals surface area contributed by atoms with Gasteiger partial charge in [-0.3, -0.25) is 11.3 Å². The number of nitrogens with two attached hydrogens (primary N) is 1. The molecular formula is C17H23N3S. The first kappa shape index (κ1) is 14.7. The first-order valence-electron chi connectivity index (χ1n) is 7.81. The van der Waals surface area contributed by atoms with Crippen LogP contribution < -0.4 is 11.3 Å². The van der Waals surface area contributed by atoms with Gasteiger partial charge >= 0.3 is 0 Å². The summed E-state index contributed by atoms with van der Waals surface area (Å²) in [5.41, 5.74) is 5.26. The summed E-state index contributed by atoms with van der Waals surface area (Å²) in [6.45, 7) is 0. The monoisotopic (exact) mass is 301 g/mol. The number of rotatable bonds is 6. The van der Waals surface area contributed by atoms with Crippen molar-refractivity contribution in [2.75, 3.05) is 0 Å². The van der Waals surface area contributed by atoms with Gasteiger partial charge < -0.3 is 0 Å². The molecule has 1 aliphatic rings. The van der Waals surface area contributed by atoms with E-state index in [1.54, 1.807) is 11.3 Å². The van der Waals surface area contributed by atoms with Gasteiger partial charge in [-0.1, -0.05) is 56.0 Å². The van der Waals surface area contributed by atoms with Gasteiger partial charge in [0.2, 0.25) is 0 Å². The van der Waals surface area contributed by atoms with Crippen molar-refractivity contribution < 1.29 is 0 Å². The number of aromatic nitrogens is 1. The standard InChI is InChI=1S/C17H23N3S/c18-20-15(10-13-6-4-5-7-13)11-17-19-16(12-21-17)14-8-2-1-3-9-14/h1-3,8-9,12-13,15,20H,4-7,10-11,18H2. The van der Waals surface area contributed by atoms with E-state index in [9.17, 15) is 0 Å². The van der Waals surface area contributed by atoms with Crippen molar-refractivity contribution in [3.05, 3.63) is 40.7 Å². The topological polar surface area (TPSA) is 50.9 Å². The Balaban J connectivity index is 1.62. The normalized spacial score (nSPS) is 17.2. The molecule has 1 fully saturated rings. The Labute approximate surface area is 130 Å². The average Bonchev–Trinajstić information content (AvgIpc) is 3.19. The summed E-state index contributed by atoms with van der Waals surface area (Å²) < 4.78 is 0. The zero-order valence-corrected chi connectivity index (χ0v) is 13.1. The molecule has 4 heteroatoms. The lowest BCUT2D eigenvalue weighted by molar-refractivity contribution is 0.389. The molecular weight excluding hydrogens is 278 g/mol. The van der Waals surface area contributed by atoms with Crippen molar-refractivity contribution in [1.82, 2.24) is 10.4 Å². The summed E-state index contributed by atoms with van der Waals surface area (Å²) in [7, 11) is 0. The van der Waals surface area contributed by atoms with Crippen LogP contribution in [0.25, 0.3) is 11.3 Å². The fourth-order valence-corrected chi connectivity index (χ4v) is 4.10. The van der Waals surface area contributed by atoms with E-state index in [1.807, 2.05) is 6.07 Å². The molecule has 0 amide bonds. The molecule has 1 aromatic carbocycles. The molecule has 1 atom stereocenters. The molecule has 21 heavy (non-hydrogen) atoms. The van der Waals surface area contributed by atoms with Crippen LogP contribution in [-0.2, 0) is 6.42 Å². The fourth-order valence-electron chi connectivity index (χ4n) is 3.22. The first-order valence-corrected chi connectivity index (χ1v) is 8.69. The highest BCUT2D eigenvalue weighted by Crippen LogP contribution is 2.30. The van der Waals surface area contributed by atoms with Crippen LogP contribution in [0.15, 0.2) is 35.7 Å². The van der Waals surface area contributed by atoms with Crippen molar-refractivity contribution >= 4 is 11.3 Å². The number of nitrogens with zero attached hydrogens (tertiary/aromatic N) is 1. The minimum absolute atomic E-state index is 0.350. The number of hydrogen-bond donors (Lipinski definition) is 2. The quantitative estimate of drug-likeness (QED) is 0.631. The van der Waals surface area contributed by atoms with E-state index in [1.165, 1.54) is 42.7 Å². The zero-order chi connectivity index (χ0) is 14.5. The summed E-state index contributed by atoms with van der Waals surface area (Å²) in [6, 6.07) is 10.7. The van der Waals surface area contributed by atoms with E-state index in [0.717, 1.165) is 18.0 Å². The van der Waals surface area contributed by atoms with E-state index in [0.29, 0.717) is 6.04 Å². The van der Waals surface area contributed by atoms with Gasteiger partial charge in [-0.05, 0) is 12.3 Å². The number of benzene rings is 1. The zero-order valence-electron chi connectivity index (χ0n) is 12.3. The van der Waals surface area contributed by atoms with Gasteiger partial charge in [0.05, 0.1) is 10.7 Å². The Morgan fingerprint density at radius 1 is 1.24 bits per heavy atom. The van der Waals surface area contributed by atoms with Gasteiger partial charge in [0, 0.05) is 23.4 Å². The second kappa shape index (κ2) is 7.16. The highest BCUT2D eigenvalue weighted by atomic mass is 32.1. The van der Waals surface area contributed by atoms with Gasteiger partial charge in [-0.15, -0.1) is 11.3 Å². The van der Waals surface area contributed by atoms with Crippen LogP contribution >= 0.6 is 11.3 Å². The van der Waals surface area contributed by atoms with Crippen LogP contribution in [0.5, 0.6) is 0 Å². The fraction of sp³-hybridized carbons (Fsp3) is 0.471. The number of nitrogens with one attached hydrogen (secondary N) is 1. The Morgan fingerprint density at radius 3 is 2.71 bits per heavy atom. The van der Waals surface area contributed by atoms with Crippen LogP contribution in [0, 0.1) is 5.92 Å². The highest BCUT2D eigenvalue weighted by molar-refractivity contribution is 7.09. The number of thiazole rings is 1. The number of hydrogen-bond acceptors (Lipinski definition) is 4. The SMILES string of the molecule is NNC(Cc1nc(-c2ccccc2)cs1)CC1CCCC1. The lowest BCUT2D eigenvalue weighted by Gasteiger charge is -2.18. The smallest absolute Gasteiger partial charge is 0.0948 e. The number of hydrazine groups is 1. The van der Waals surface area contributed by atoms with E-state index in [4.69, 9.17) is 10.8 Å². The van der Waals surface area contributed by atoms with Crippen LogP contribution in [-0.4, -0.2) is 11.0 Å². The summed E-state index contributed by atoms with van der Waals surface area (Å²) in [5.74, 6) is 6.59. The summed E-state index contributed by atoms with van der Waals surface area (Å²) in [4.78, 5) is 4.77. The molecule has 1 aromatic heterocycles. The van der Waals surface area contributed by atoms with Gasteiger partial charge in [0.15, 0.2) is 0 Å². The predicted molar refractivity (Wildman–Crippen MR) is 88.9 cm³/mol. The second-order valence-electron chi connectivity index (χ2n) is 5.95. The van der Waals surface area contributed by atoms with E-state index >= 15 is 0 Å². The maximum atomic E-state index is 5.74. The molecule has 3 N–H and O–H groups in total. The first-order chi connectivity index (χ1) is 10.3. The van der Waals surface area contributed by atoms with Crippen molar-refractivity contribution in [2.45, 2.75) is 44.6 Å². The van der Waals surface area contributed by atoms with Crippen LogP contribution in [0.2, 0.25) is 0 Å². The predicted octanol–water partition coefficient (Wildman–Crippen LogP) is 3.76. The van der Waals surface area contributed by atoms with Crippen molar-refractivity contribution in [1.29, 1.82) is 0 Å². The summed E-state index contributed by atoms with van der Waals surface area (Å²) in [5, 5.41) is 3.32. The van der Waals surface area contributed by atoms with Gasteiger partial charge in [0.1, 0.15) is 0 Å². The van der Waals surface area contributed by atoms with Gasteiger partial charge in [-0.25, -0.2) is 4.98 Å². The molecule has 2 aromatic rings. The third-order valence-corrected chi connectivity index (χ3v) is 5.24. The molecule has 3 rings (SSSR count). The van der Waals surface area contributed by atoms with Crippen molar-refractivity contribution in [2.24, 2.45) is 11.8 Å². The minimum atomic E-state index is 0.350. The molecule has 0 saturated heterocycles. The molecule has 1 saturated carbocycles. The second-order valence-corrected chi connectivity index (χ2v) is 6.89. The molecule has 0 aliphatic heterocycles. The van der Waals surface area contributed by atoms with Crippen LogP contribution in [0.3, 0.4) is 0 Å². The van der Waals surface area contributed by atoms with Crippen LogP contribution in [0.1, 0.15) is 37.1 Å². The maximum absolute atomic E-state index is 5.74. The van der Waals surface area contributed by atoms with Gasteiger partial charge in [-0.2, -0.15) is 0 Å². The highest BCUT2D eigenvalue weighted by Gasteiger charge is 2.20. The molecule has 1 unspecified atom stereocenters. The molecule has 0 bridgehead atoms. The Hall–Kier alpha value is -1.23. The lowest BCUT2D eigenvalue weighted by atomic mass is 9.97. The lowest BCUT2D eigenvalue weighted by Crippen LogP contribution is -2.38. The van der Waals surface area contributed by atoms with Crippen LogP contribution in [0.4, 0.5) is 0 Å². The molecule has 1 aliphatic carbocycles. The van der Waals surface area contributed by atoms with E-state index < -0.39 is 0 Å². The van der Waals surface area contributed by atoms with Crippen molar-refractivity contribution in [3.8, 4) is 11.3 Å². The molecule has 3 nitrogen and oxygen atoms in total. The molecule has 112 valence electrons. The summed E-state index contributed by atoms with van der Waals surface area (Å²) in [6.07, 6.45) is 7.62. The third kappa shape index (κ3) is 3.90. The van der Waals surface area contributed by atoms with Crippen molar-refractivity contribution in [3.63, 3.8) is 0 Å². The minimum Gasteiger partial charge on any atom is -0.271 e. The maximum Gasteiger partial charge on any atom is 0.0948 e. The largest absolute Gasteiger partial charge is 0.271 e. The molecule has 0 spiro atoms. The summed E-state index contributed by atoms with van der Waals surface area (Å²) >= 11 is 1.74. The van der Waals surface area contributed by atoms with E-state index in [2.05, 4.69) is 35.1 Å². The Kier molecular flexibility index (Phi) is 5.01. The Morgan fingerprint density at radius 2 is 2.00 bits per heavy atom. The molecule has 1 heterocycles.